The Bertz CT molecular complexity index is 1310. The van der Waals surface area contributed by atoms with Crippen LogP contribution in [0, 0.1) is 18.8 Å². The Labute approximate surface area is 244 Å². The van der Waals surface area contributed by atoms with Gasteiger partial charge in [0.2, 0.25) is 10.0 Å². The number of benzene rings is 2. The highest BCUT2D eigenvalue weighted by molar-refractivity contribution is 7.89. The molecule has 0 radical (unpaired) electrons. The lowest BCUT2D eigenvalue weighted by atomic mass is 10.2. The van der Waals surface area contributed by atoms with Crippen molar-refractivity contribution in [3.63, 3.8) is 0 Å². The average molecular weight is 595 g/mol. The minimum absolute atomic E-state index is 0. The third-order valence-corrected chi connectivity index (χ3v) is 9.39. The van der Waals surface area contributed by atoms with Crippen LogP contribution >= 0.6 is 23.7 Å². The number of para-hydroxylation sites is 1. The van der Waals surface area contributed by atoms with Crippen LogP contribution in [0.5, 0.6) is 0 Å². The number of amides is 1. The first-order valence-corrected chi connectivity index (χ1v) is 15.7. The zero-order chi connectivity index (χ0) is 28.0. The van der Waals surface area contributed by atoms with Crippen LogP contribution < -0.4 is 4.90 Å². The largest absolute Gasteiger partial charge is 0.302 e. The summed E-state index contributed by atoms with van der Waals surface area (Å²) in [6.07, 6.45) is 0. The summed E-state index contributed by atoms with van der Waals surface area (Å²) in [4.78, 5) is 22.8. The number of rotatable bonds is 13. The van der Waals surface area contributed by atoms with Gasteiger partial charge in [0.05, 0.1) is 15.1 Å². The van der Waals surface area contributed by atoms with Crippen molar-refractivity contribution in [3.8, 4) is 0 Å². The van der Waals surface area contributed by atoms with Gasteiger partial charge >= 0.3 is 0 Å². The molecule has 0 unspecified atom stereocenters. The number of carbonyl (C=O) groups excluding carboxylic acids is 1. The molecule has 1 amide bonds. The number of hydrogen-bond acceptors (Lipinski definition) is 6. The third kappa shape index (κ3) is 8.24. The Hall–Kier alpha value is -2.04. The van der Waals surface area contributed by atoms with Crippen molar-refractivity contribution in [3.05, 3.63) is 53.6 Å². The minimum Gasteiger partial charge on any atom is -0.302 e. The first-order valence-electron chi connectivity index (χ1n) is 13.5. The van der Waals surface area contributed by atoms with Crippen LogP contribution in [0.3, 0.4) is 0 Å². The molecular weight excluding hydrogens is 552 g/mol. The van der Waals surface area contributed by atoms with Gasteiger partial charge in [0.15, 0.2) is 5.13 Å². The van der Waals surface area contributed by atoms with Crippen LogP contribution in [0.2, 0.25) is 0 Å². The van der Waals surface area contributed by atoms with E-state index in [0.717, 1.165) is 35.4 Å². The number of aromatic nitrogens is 1. The molecule has 1 aromatic heterocycles. The van der Waals surface area contributed by atoms with Crippen LogP contribution in [0.25, 0.3) is 10.2 Å². The summed E-state index contributed by atoms with van der Waals surface area (Å²) in [6.45, 7) is 18.2. The summed E-state index contributed by atoms with van der Waals surface area (Å²) >= 11 is 1.50. The zero-order valence-corrected chi connectivity index (χ0v) is 26.6. The molecule has 0 atom stereocenters. The Balaban J connectivity index is 0.00000533. The molecule has 0 saturated carbocycles. The average Bonchev–Trinajstić information content (AvgIpc) is 3.31. The number of fused-ring (bicyclic) bond motifs is 1. The van der Waals surface area contributed by atoms with Crippen molar-refractivity contribution < 1.29 is 13.2 Å². The Kier molecular flexibility index (Phi) is 12.4. The van der Waals surface area contributed by atoms with E-state index in [4.69, 9.17) is 4.98 Å². The van der Waals surface area contributed by atoms with Gasteiger partial charge < -0.3 is 4.90 Å². The standard InChI is InChI=1S/C29H42N4O3S2.ClH/c1-8-31(9-2)17-18-33(29-30-27-23(7)11-10-12-26(27)37-29)28(34)24-13-15-25(16-14-24)38(35,36)32(19-21(3)4)20-22(5)6;/h10-16,21-22H,8-9,17-20H2,1-7H3;1H. The lowest BCUT2D eigenvalue weighted by Gasteiger charge is -2.26. The second-order valence-electron chi connectivity index (χ2n) is 10.5. The van der Waals surface area contributed by atoms with E-state index < -0.39 is 10.0 Å². The van der Waals surface area contributed by atoms with E-state index in [-0.39, 0.29) is 35.0 Å². The lowest BCUT2D eigenvalue weighted by molar-refractivity contribution is 0.0983. The Morgan fingerprint density at radius 2 is 1.51 bits per heavy atom. The number of thiazole rings is 1. The normalized spacial score (nSPS) is 12.1. The SMILES string of the molecule is CCN(CC)CCN(C(=O)c1ccc(S(=O)(=O)N(CC(C)C)CC(C)C)cc1)c1nc2c(C)cccc2s1.Cl. The highest BCUT2D eigenvalue weighted by Gasteiger charge is 2.27. The van der Waals surface area contributed by atoms with Crippen molar-refractivity contribution in [1.82, 2.24) is 14.2 Å². The topological polar surface area (TPSA) is 73.8 Å². The summed E-state index contributed by atoms with van der Waals surface area (Å²) in [7, 11) is -3.66. The van der Waals surface area contributed by atoms with E-state index in [1.54, 1.807) is 33.5 Å². The van der Waals surface area contributed by atoms with Gasteiger partial charge in [-0.15, -0.1) is 12.4 Å². The second-order valence-corrected chi connectivity index (χ2v) is 13.5. The van der Waals surface area contributed by atoms with Crippen LogP contribution in [0.4, 0.5) is 5.13 Å². The molecule has 7 nitrogen and oxygen atoms in total. The van der Waals surface area contributed by atoms with Crippen LogP contribution in [-0.2, 0) is 10.0 Å². The van der Waals surface area contributed by atoms with Gasteiger partial charge in [-0.25, -0.2) is 13.4 Å². The highest BCUT2D eigenvalue weighted by atomic mass is 35.5. The van der Waals surface area contributed by atoms with Crippen molar-refractivity contribution >= 4 is 55.0 Å². The molecule has 0 bridgehead atoms. The number of carbonyl (C=O) groups is 1. The number of nitrogens with zero attached hydrogens (tertiary/aromatic N) is 4. The van der Waals surface area contributed by atoms with E-state index in [0.29, 0.717) is 30.3 Å². The van der Waals surface area contributed by atoms with E-state index in [9.17, 15) is 13.2 Å². The number of sulfonamides is 1. The molecule has 3 aromatic rings. The number of halogens is 1. The van der Waals surface area contributed by atoms with Gasteiger partial charge in [-0.3, -0.25) is 9.69 Å². The fraction of sp³-hybridized carbons (Fsp3) is 0.517. The minimum atomic E-state index is -3.66. The maximum atomic E-state index is 13.8. The quantitative estimate of drug-likeness (QED) is 0.232. The molecule has 2 aromatic carbocycles. The third-order valence-electron chi connectivity index (χ3n) is 6.50. The van der Waals surface area contributed by atoms with E-state index in [1.165, 1.54) is 11.3 Å². The van der Waals surface area contributed by atoms with Crippen molar-refractivity contribution in [1.29, 1.82) is 0 Å². The molecule has 39 heavy (non-hydrogen) atoms. The van der Waals surface area contributed by atoms with Crippen molar-refractivity contribution in [2.24, 2.45) is 11.8 Å². The molecule has 3 rings (SSSR count). The smallest absolute Gasteiger partial charge is 0.260 e. The predicted molar refractivity (Wildman–Crippen MR) is 166 cm³/mol. The van der Waals surface area contributed by atoms with Crippen LogP contribution in [0.1, 0.15) is 57.5 Å². The number of aryl methyl sites for hydroxylation is 1. The number of likely N-dealkylation sites (N-methyl/N-ethyl adjacent to an activating group) is 1. The van der Waals surface area contributed by atoms with Crippen molar-refractivity contribution in [2.45, 2.75) is 53.4 Å². The predicted octanol–water partition coefficient (Wildman–Crippen LogP) is 6.32. The summed E-state index contributed by atoms with van der Waals surface area (Å²) in [5.74, 6) is 0.237. The molecule has 0 aliphatic carbocycles. The highest BCUT2D eigenvalue weighted by Crippen LogP contribution is 2.31. The van der Waals surface area contributed by atoms with Gasteiger partial charge in [0, 0.05) is 31.7 Å². The van der Waals surface area contributed by atoms with E-state index in [1.807, 2.05) is 52.8 Å². The van der Waals surface area contributed by atoms with E-state index >= 15 is 0 Å². The van der Waals surface area contributed by atoms with Crippen LogP contribution in [0.15, 0.2) is 47.4 Å². The number of anilines is 1. The maximum absolute atomic E-state index is 13.8. The van der Waals surface area contributed by atoms with Crippen LogP contribution in [-0.4, -0.2) is 67.8 Å². The van der Waals surface area contributed by atoms with Gasteiger partial charge in [0.25, 0.3) is 5.91 Å². The fourth-order valence-electron chi connectivity index (χ4n) is 4.41. The summed E-state index contributed by atoms with van der Waals surface area (Å²) in [6, 6.07) is 12.4. The van der Waals surface area contributed by atoms with Gasteiger partial charge in [-0.05, 0) is 67.7 Å². The number of hydrogen-bond donors (Lipinski definition) is 0. The summed E-state index contributed by atoms with van der Waals surface area (Å²) in [5, 5.41) is 0.656. The molecule has 0 N–H and O–H groups in total. The van der Waals surface area contributed by atoms with Crippen molar-refractivity contribution in [2.75, 3.05) is 44.2 Å². The first-order chi connectivity index (χ1) is 18.0. The molecular formula is C29H43ClN4O3S2. The van der Waals surface area contributed by atoms with Gasteiger partial charge in [-0.2, -0.15) is 4.31 Å². The first kappa shape index (κ1) is 33.2. The van der Waals surface area contributed by atoms with Gasteiger partial charge in [-0.1, -0.05) is 65.0 Å². The van der Waals surface area contributed by atoms with Gasteiger partial charge in [0.1, 0.15) is 0 Å². The second kappa shape index (κ2) is 14.6. The monoisotopic (exact) mass is 594 g/mol. The molecule has 0 saturated heterocycles. The molecule has 1 heterocycles. The fourth-order valence-corrected chi connectivity index (χ4v) is 7.25. The summed E-state index contributed by atoms with van der Waals surface area (Å²) < 4.78 is 29.5. The molecule has 0 spiro atoms. The molecule has 216 valence electrons. The molecule has 10 heteroatoms. The van der Waals surface area contributed by atoms with E-state index in [2.05, 4.69) is 18.7 Å². The maximum Gasteiger partial charge on any atom is 0.260 e. The molecule has 0 aliphatic heterocycles. The zero-order valence-electron chi connectivity index (χ0n) is 24.2. The Morgan fingerprint density at radius 3 is 2.03 bits per heavy atom. The summed E-state index contributed by atoms with van der Waals surface area (Å²) in [5.41, 5.74) is 2.42. The molecule has 0 fully saturated rings. The molecule has 0 aliphatic rings. The Morgan fingerprint density at radius 1 is 0.923 bits per heavy atom. The lowest BCUT2D eigenvalue weighted by Crippen LogP contribution is -2.39.